The lowest BCUT2D eigenvalue weighted by Crippen LogP contribution is -2.52. The lowest BCUT2D eigenvalue weighted by molar-refractivity contribution is 0.308. The van der Waals surface area contributed by atoms with Crippen molar-refractivity contribution in [3.8, 4) is 0 Å². The molecule has 18 heavy (non-hydrogen) atoms. The van der Waals surface area contributed by atoms with Gasteiger partial charge in [-0.2, -0.15) is 0 Å². The topological polar surface area (TPSA) is 58.2 Å². The molecule has 2 N–H and O–H groups in total. The number of rotatable bonds is 3. The minimum absolute atomic E-state index is 0.0257. The molecular formula is C12H17FN2O2S. The van der Waals surface area contributed by atoms with Crippen LogP contribution in [0.1, 0.15) is 19.8 Å². The number of benzene rings is 1. The molecule has 6 heteroatoms. The Balaban J connectivity index is 2.21. The Hall–Kier alpha value is -0.980. The van der Waals surface area contributed by atoms with Gasteiger partial charge >= 0.3 is 0 Å². The third-order valence-electron chi connectivity index (χ3n) is 3.19. The van der Waals surface area contributed by atoms with Gasteiger partial charge < -0.3 is 5.32 Å². The number of halogens is 1. The van der Waals surface area contributed by atoms with Crippen LogP contribution >= 0.6 is 0 Å². The van der Waals surface area contributed by atoms with E-state index in [1.54, 1.807) is 0 Å². The van der Waals surface area contributed by atoms with Crippen molar-refractivity contribution in [2.45, 2.75) is 30.2 Å². The van der Waals surface area contributed by atoms with Gasteiger partial charge in [-0.3, -0.25) is 0 Å². The smallest absolute Gasteiger partial charge is 0.241 e. The van der Waals surface area contributed by atoms with Crippen LogP contribution in [0.2, 0.25) is 0 Å². The highest BCUT2D eigenvalue weighted by molar-refractivity contribution is 7.89. The van der Waals surface area contributed by atoms with E-state index in [-0.39, 0.29) is 4.90 Å². The van der Waals surface area contributed by atoms with Gasteiger partial charge in [0.1, 0.15) is 5.82 Å². The maximum atomic E-state index is 13.1. The molecule has 0 radical (unpaired) electrons. The summed E-state index contributed by atoms with van der Waals surface area (Å²) in [5.41, 5.74) is -0.462. The van der Waals surface area contributed by atoms with E-state index in [0.29, 0.717) is 0 Å². The molecule has 1 aliphatic heterocycles. The Bertz CT molecular complexity index is 525. The van der Waals surface area contributed by atoms with Crippen molar-refractivity contribution in [1.29, 1.82) is 0 Å². The van der Waals surface area contributed by atoms with Crippen molar-refractivity contribution in [1.82, 2.24) is 10.0 Å². The zero-order chi connectivity index (χ0) is 13.2. The summed E-state index contributed by atoms with van der Waals surface area (Å²) in [7, 11) is -3.66. The molecule has 4 nitrogen and oxygen atoms in total. The molecule has 2 rings (SSSR count). The first-order chi connectivity index (χ1) is 8.41. The second-order valence-corrected chi connectivity index (χ2v) is 6.56. The van der Waals surface area contributed by atoms with Gasteiger partial charge in [-0.15, -0.1) is 0 Å². The molecule has 1 heterocycles. The van der Waals surface area contributed by atoms with Crippen molar-refractivity contribution in [3.63, 3.8) is 0 Å². The van der Waals surface area contributed by atoms with Gasteiger partial charge in [0.15, 0.2) is 0 Å². The third kappa shape index (κ3) is 3.07. The molecule has 1 saturated heterocycles. The van der Waals surface area contributed by atoms with Gasteiger partial charge in [-0.1, -0.05) is 6.07 Å². The molecule has 100 valence electrons. The van der Waals surface area contributed by atoms with Gasteiger partial charge in [0.25, 0.3) is 0 Å². The Labute approximate surface area is 107 Å². The van der Waals surface area contributed by atoms with Crippen molar-refractivity contribution >= 4 is 10.0 Å². The van der Waals surface area contributed by atoms with E-state index in [1.807, 2.05) is 6.92 Å². The minimum Gasteiger partial charge on any atom is -0.317 e. The summed E-state index contributed by atoms with van der Waals surface area (Å²) >= 11 is 0. The van der Waals surface area contributed by atoms with Crippen LogP contribution < -0.4 is 10.0 Å². The normalized spacial score (nSPS) is 19.7. The molecule has 0 spiro atoms. The van der Waals surface area contributed by atoms with Crippen LogP contribution in [0.3, 0.4) is 0 Å². The molecule has 0 aromatic heterocycles. The molecule has 1 aromatic carbocycles. The summed E-state index contributed by atoms with van der Waals surface area (Å²) in [5.74, 6) is -0.548. The van der Waals surface area contributed by atoms with Crippen molar-refractivity contribution < 1.29 is 12.8 Å². The van der Waals surface area contributed by atoms with Gasteiger partial charge in [0, 0.05) is 5.54 Å². The van der Waals surface area contributed by atoms with Crippen molar-refractivity contribution in [2.24, 2.45) is 0 Å². The first kappa shape index (κ1) is 13.5. The maximum absolute atomic E-state index is 13.1. The first-order valence-electron chi connectivity index (χ1n) is 5.92. The highest BCUT2D eigenvalue weighted by Gasteiger charge is 2.32. The highest BCUT2D eigenvalue weighted by atomic mass is 32.2. The largest absolute Gasteiger partial charge is 0.317 e. The van der Waals surface area contributed by atoms with Crippen LogP contribution in [0.15, 0.2) is 29.2 Å². The van der Waals surface area contributed by atoms with Gasteiger partial charge in [-0.25, -0.2) is 17.5 Å². The van der Waals surface area contributed by atoms with Crippen LogP contribution in [-0.2, 0) is 10.0 Å². The van der Waals surface area contributed by atoms with E-state index in [0.717, 1.165) is 32.0 Å². The van der Waals surface area contributed by atoms with Crippen LogP contribution in [-0.4, -0.2) is 27.0 Å². The van der Waals surface area contributed by atoms with Crippen LogP contribution in [0.5, 0.6) is 0 Å². The zero-order valence-electron chi connectivity index (χ0n) is 10.2. The van der Waals surface area contributed by atoms with Crippen LogP contribution in [0.25, 0.3) is 0 Å². The van der Waals surface area contributed by atoms with Crippen molar-refractivity contribution in [2.75, 3.05) is 13.1 Å². The fourth-order valence-electron chi connectivity index (χ4n) is 2.10. The second-order valence-electron chi connectivity index (χ2n) is 4.87. The van der Waals surface area contributed by atoms with E-state index in [1.165, 1.54) is 18.2 Å². The summed E-state index contributed by atoms with van der Waals surface area (Å²) < 4.78 is 40.1. The Morgan fingerprint density at radius 2 is 2.00 bits per heavy atom. The summed E-state index contributed by atoms with van der Waals surface area (Å²) in [6.07, 6.45) is 1.45. The molecule has 0 amide bonds. The molecule has 0 atom stereocenters. The van der Waals surface area contributed by atoms with E-state index < -0.39 is 21.4 Å². The minimum atomic E-state index is -3.66. The van der Waals surface area contributed by atoms with Gasteiger partial charge in [0.05, 0.1) is 4.90 Å². The summed E-state index contributed by atoms with van der Waals surface area (Å²) in [6, 6.07) is 5.06. The average molecular weight is 272 g/mol. The van der Waals surface area contributed by atoms with Crippen LogP contribution in [0, 0.1) is 5.82 Å². The number of piperidine rings is 1. The standard InChI is InChI=1S/C12H17FN2O2S/c1-12(5-7-14-8-6-12)15-18(16,17)11-4-2-3-10(13)9-11/h2-4,9,14-15H,5-8H2,1H3. The molecule has 1 aromatic rings. The zero-order valence-corrected chi connectivity index (χ0v) is 11.1. The number of hydrogen-bond acceptors (Lipinski definition) is 3. The predicted molar refractivity (Wildman–Crippen MR) is 67.2 cm³/mol. The Morgan fingerprint density at radius 3 is 2.61 bits per heavy atom. The Morgan fingerprint density at radius 1 is 1.33 bits per heavy atom. The molecule has 1 fully saturated rings. The average Bonchev–Trinajstić information content (AvgIpc) is 2.28. The summed E-state index contributed by atoms with van der Waals surface area (Å²) in [6.45, 7) is 3.44. The quantitative estimate of drug-likeness (QED) is 0.870. The van der Waals surface area contributed by atoms with Gasteiger partial charge in [0.2, 0.25) is 10.0 Å². The highest BCUT2D eigenvalue weighted by Crippen LogP contribution is 2.21. The number of hydrogen-bond donors (Lipinski definition) is 2. The third-order valence-corrected chi connectivity index (χ3v) is 4.83. The van der Waals surface area contributed by atoms with Crippen LogP contribution in [0.4, 0.5) is 4.39 Å². The molecular weight excluding hydrogens is 255 g/mol. The molecule has 0 unspecified atom stereocenters. The molecule has 0 bridgehead atoms. The number of nitrogens with one attached hydrogen (secondary N) is 2. The SMILES string of the molecule is CC1(NS(=O)(=O)c2cccc(F)c2)CCNCC1. The number of sulfonamides is 1. The fourth-order valence-corrected chi connectivity index (χ4v) is 3.59. The molecule has 0 aliphatic carbocycles. The van der Waals surface area contributed by atoms with E-state index >= 15 is 0 Å². The molecule has 0 saturated carbocycles. The fraction of sp³-hybridized carbons (Fsp3) is 0.500. The summed E-state index contributed by atoms with van der Waals surface area (Å²) in [4.78, 5) is -0.0257. The van der Waals surface area contributed by atoms with E-state index in [2.05, 4.69) is 10.0 Å². The monoisotopic (exact) mass is 272 g/mol. The van der Waals surface area contributed by atoms with Crippen molar-refractivity contribution in [3.05, 3.63) is 30.1 Å². The van der Waals surface area contributed by atoms with Gasteiger partial charge in [-0.05, 0) is 51.1 Å². The van der Waals surface area contributed by atoms with E-state index in [9.17, 15) is 12.8 Å². The Kier molecular flexibility index (Phi) is 3.70. The molecule has 1 aliphatic rings. The lowest BCUT2D eigenvalue weighted by atomic mass is 9.92. The first-order valence-corrected chi connectivity index (χ1v) is 7.40. The maximum Gasteiger partial charge on any atom is 0.241 e. The van der Waals surface area contributed by atoms with E-state index in [4.69, 9.17) is 0 Å². The lowest BCUT2D eigenvalue weighted by Gasteiger charge is -2.34. The predicted octanol–water partition coefficient (Wildman–Crippen LogP) is 1.25. The second kappa shape index (κ2) is 4.95. The summed E-state index contributed by atoms with van der Waals surface area (Å²) in [5, 5.41) is 3.18.